The lowest BCUT2D eigenvalue weighted by Crippen LogP contribution is -1.93. The molecule has 6 heteroatoms. The predicted molar refractivity (Wildman–Crippen MR) is 85.7 cm³/mol. The summed E-state index contributed by atoms with van der Waals surface area (Å²) in [6, 6.07) is 0. The maximum atomic E-state index is 2.19. The van der Waals surface area contributed by atoms with E-state index in [1.807, 2.05) is 0 Å². The van der Waals surface area contributed by atoms with Crippen molar-refractivity contribution in [1.82, 2.24) is 6.15 Å². The molecule has 3 N–H and O–H groups in total. The highest BCUT2D eigenvalue weighted by atomic mass is 31.0. The molecule has 0 bridgehead atoms. The highest BCUT2D eigenvalue weighted by Gasteiger charge is 1.95. The summed E-state index contributed by atoms with van der Waals surface area (Å²) in [6.07, 6.45) is 0. The van der Waals surface area contributed by atoms with Crippen molar-refractivity contribution in [2.75, 3.05) is 0 Å². The molecule has 11 heavy (non-hydrogen) atoms. The van der Waals surface area contributed by atoms with Crippen molar-refractivity contribution >= 4 is 49.5 Å². The molecule has 0 saturated heterocycles. The normalized spacial score (nSPS) is 5.45. The molecule has 0 heterocycles. The Morgan fingerprint density at radius 3 is 0.545 bits per heavy atom. The third-order valence-electron chi connectivity index (χ3n) is 0. The SMILES string of the molecule is CC(C)(C)C.N.P.P.P.P.P. The third kappa shape index (κ3) is 278. The molecule has 1 nitrogen and oxygen atoms in total. The molecule has 0 rings (SSSR count). The van der Waals surface area contributed by atoms with E-state index in [0.717, 1.165) is 0 Å². The maximum absolute atomic E-state index is 2.19. The molecule has 0 aromatic carbocycles. The van der Waals surface area contributed by atoms with Crippen LogP contribution in [0.5, 0.6) is 0 Å². The number of hydrogen-bond donors (Lipinski definition) is 1. The lowest BCUT2D eigenvalue weighted by atomic mass is 10.0. The summed E-state index contributed by atoms with van der Waals surface area (Å²) in [5.74, 6) is 0. The van der Waals surface area contributed by atoms with Gasteiger partial charge in [0.1, 0.15) is 0 Å². The van der Waals surface area contributed by atoms with Crippen molar-refractivity contribution in [2.45, 2.75) is 27.7 Å². The highest BCUT2D eigenvalue weighted by molar-refractivity contribution is 6.92. The van der Waals surface area contributed by atoms with Crippen LogP contribution in [0.2, 0.25) is 0 Å². The fourth-order valence-electron chi connectivity index (χ4n) is 0. The number of rotatable bonds is 0. The van der Waals surface area contributed by atoms with Crippen molar-refractivity contribution in [3.63, 3.8) is 0 Å². The Labute approximate surface area is 89.1 Å². The molecule has 0 aromatic heterocycles. The standard InChI is InChI=1S/C5H12.H3N.5H3P/c1-5(2,3)4;;;;;;/h1-4H3;6*1H3. The Balaban J connectivity index is -0.00000000533. The van der Waals surface area contributed by atoms with E-state index in [1.165, 1.54) is 0 Å². The van der Waals surface area contributed by atoms with Crippen molar-refractivity contribution in [1.29, 1.82) is 0 Å². The van der Waals surface area contributed by atoms with Gasteiger partial charge >= 0.3 is 0 Å². The zero-order chi connectivity index (χ0) is 4.50. The van der Waals surface area contributed by atoms with Crippen molar-refractivity contribution in [3.05, 3.63) is 0 Å². The van der Waals surface area contributed by atoms with Gasteiger partial charge in [-0.05, 0) is 5.41 Å². The van der Waals surface area contributed by atoms with Crippen LogP contribution in [0.3, 0.4) is 0 Å². The lowest BCUT2D eigenvalue weighted by molar-refractivity contribution is 0.469. The van der Waals surface area contributed by atoms with E-state index in [0.29, 0.717) is 5.41 Å². The molecule has 0 aliphatic heterocycles. The van der Waals surface area contributed by atoms with Crippen LogP contribution < -0.4 is 6.15 Å². The van der Waals surface area contributed by atoms with Gasteiger partial charge in [-0.25, -0.2) is 0 Å². The minimum atomic E-state index is 0. The average Bonchev–Trinajstić information content (AvgIpc) is 0.722. The Morgan fingerprint density at radius 2 is 0.545 bits per heavy atom. The largest absolute Gasteiger partial charge is 0.344 e. The summed E-state index contributed by atoms with van der Waals surface area (Å²) in [4.78, 5) is 0. The Hall–Kier alpha value is 2.11. The topological polar surface area (TPSA) is 35.0 Å². The molecule has 80 valence electrons. The monoisotopic (exact) mass is 259 g/mol. The molecule has 0 radical (unpaired) electrons. The van der Waals surface area contributed by atoms with Gasteiger partial charge in [0.15, 0.2) is 0 Å². The molecular weight excluding hydrogens is 229 g/mol. The number of hydrogen-bond acceptors (Lipinski definition) is 1. The second kappa shape index (κ2) is 22.7. The maximum Gasteiger partial charge on any atom is -0.0411 e. The molecule has 0 saturated carbocycles. The first kappa shape index (κ1) is 51.5. The van der Waals surface area contributed by atoms with Crippen molar-refractivity contribution in [2.24, 2.45) is 5.41 Å². The molecule has 0 aromatic rings. The Morgan fingerprint density at radius 1 is 0.545 bits per heavy atom. The molecule has 0 aliphatic carbocycles. The van der Waals surface area contributed by atoms with Gasteiger partial charge in [-0.2, -0.15) is 49.5 Å². The molecule has 0 aliphatic rings. The van der Waals surface area contributed by atoms with Gasteiger partial charge in [0, 0.05) is 0 Å². The second-order valence-corrected chi connectivity index (χ2v) is 3.00. The zero-order valence-electron chi connectivity index (χ0n) is 8.74. The molecular formula is C5H30NP5. The van der Waals surface area contributed by atoms with Gasteiger partial charge in [-0.15, -0.1) is 0 Å². The second-order valence-electron chi connectivity index (χ2n) is 3.00. The zero-order valence-corrected chi connectivity index (χ0v) is 15.8. The van der Waals surface area contributed by atoms with E-state index in [2.05, 4.69) is 27.7 Å². The molecule has 5 atom stereocenters. The van der Waals surface area contributed by atoms with Crippen LogP contribution in [0.4, 0.5) is 0 Å². The molecule has 0 spiro atoms. The van der Waals surface area contributed by atoms with Crippen LogP contribution in [-0.4, -0.2) is 0 Å². The Kier molecular flexibility index (Phi) is 106. The van der Waals surface area contributed by atoms with Crippen LogP contribution in [0.1, 0.15) is 27.7 Å². The van der Waals surface area contributed by atoms with Crippen LogP contribution in [0.25, 0.3) is 0 Å². The average molecular weight is 259 g/mol. The van der Waals surface area contributed by atoms with E-state index in [9.17, 15) is 0 Å². The molecule has 0 amide bonds. The smallest absolute Gasteiger partial charge is 0.0411 e. The summed E-state index contributed by atoms with van der Waals surface area (Å²) in [7, 11) is 0. The lowest BCUT2D eigenvalue weighted by Gasteiger charge is -2.05. The van der Waals surface area contributed by atoms with E-state index >= 15 is 0 Å². The molecule has 5 unspecified atom stereocenters. The summed E-state index contributed by atoms with van der Waals surface area (Å²) in [5.41, 5.74) is 0.500. The van der Waals surface area contributed by atoms with Gasteiger partial charge in [0.2, 0.25) is 0 Å². The fourth-order valence-corrected chi connectivity index (χ4v) is 0. The highest BCUT2D eigenvalue weighted by Crippen LogP contribution is 2.07. The van der Waals surface area contributed by atoms with Gasteiger partial charge in [-0.3, -0.25) is 0 Å². The third-order valence-corrected chi connectivity index (χ3v) is 0. The van der Waals surface area contributed by atoms with Gasteiger partial charge in [-0.1, -0.05) is 27.7 Å². The fraction of sp³-hybridized carbons (Fsp3) is 1.00. The van der Waals surface area contributed by atoms with Crippen LogP contribution in [-0.2, 0) is 0 Å². The van der Waals surface area contributed by atoms with E-state index in [4.69, 9.17) is 0 Å². The first-order valence-corrected chi connectivity index (χ1v) is 2.00. The summed E-state index contributed by atoms with van der Waals surface area (Å²) >= 11 is 0. The summed E-state index contributed by atoms with van der Waals surface area (Å²) in [5, 5.41) is 0. The van der Waals surface area contributed by atoms with Gasteiger partial charge < -0.3 is 6.15 Å². The van der Waals surface area contributed by atoms with Crippen molar-refractivity contribution < 1.29 is 0 Å². The van der Waals surface area contributed by atoms with Gasteiger partial charge in [0.25, 0.3) is 0 Å². The summed E-state index contributed by atoms with van der Waals surface area (Å²) < 4.78 is 0. The van der Waals surface area contributed by atoms with Crippen LogP contribution in [0.15, 0.2) is 0 Å². The first-order chi connectivity index (χ1) is 2.00. The predicted octanol–water partition coefficient (Wildman–Crippen LogP) is 2.50. The van der Waals surface area contributed by atoms with Crippen molar-refractivity contribution in [3.8, 4) is 0 Å². The minimum absolute atomic E-state index is 0. The van der Waals surface area contributed by atoms with E-state index < -0.39 is 0 Å². The quantitative estimate of drug-likeness (QED) is 0.666. The first-order valence-electron chi connectivity index (χ1n) is 2.00. The van der Waals surface area contributed by atoms with Crippen LogP contribution >= 0.6 is 49.5 Å². The molecule has 0 fully saturated rings. The van der Waals surface area contributed by atoms with Gasteiger partial charge in [0.05, 0.1) is 0 Å². The van der Waals surface area contributed by atoms with Crippen LogP contribution in [0, 0.1) is 5.41 Å². The van der Waals surface area contributed by atoms with E-state index in [1.54, 1.807) is 0 Å². The summed E-state index contributed by atoms with van der Waals surface area (Å²) in [6.45, 7) is 8.75. The Bertz CT molecular complexity index is 30.3. The van der Waals surface area contributed by atoms with E-state index in [-0.39, 0.29) is 55.6 Å². The minimum Gasteiger partial charge on any atom is -0.344 e.